The average molecular weight is 488 g/mol. The molecule has 1 fully saturated rings. The Labute approximate surface area is 207 Å². The number of likely N-dealkylation sites (N-methyl/N-ethyl adjacent to an activating group) is 1. The molecular formula is C27H25N3O4S. The van der Waals surface area contributed by atoms with Crippen LogP contribution in [0.15, 0.2) is 72.5 Å². The first-order valence-corrected chi connectivity index (χ1v) is 12.2. The Morgan fingerprint density at radius 1 is 1.00 bits per heavy atom. The van der Waals surface area contributed by atoms with Gasteiger partial charge in [-0.25, -0.2) is 0 Å². The van der Waals surface area contributed by atoms with Crippen LogP contribution in [0.2, 0.25) is 0 Å². The molecule has 0 spiro atoms. The summed E-state index contributed by atoms with van der Waals surface area (Å²) in [5.41, 5.74) is 2.61. The molecule has 3 heterocycles. The number of nitrogens with zero attached hydrogens (tertiary/aromatic N) is 2. The predicted octanol–water partition coefficient (Wildman–Crippen LogP) is 4.63. The van der Waals surface area contributed by atoms with Crippen LogP contribution in [-0.2, 0) is 14.3 Å². The summed E-state index contributed by atoms with van der Waals surface area (Å²) in [4.78, 5) is 30.7. The Bertz CT molecular complexity index is 1290. The van der Waals surface area contributed by atoms with Gasteiger partial charge < -0.3 is 24.6 Å². The second-order valence-electron chi connectivity index (χ2n) is 8.15. The lowest BCUT2D eigenvalue weighted by Gasteiger charge is -2.28. The number of hydrogen-bond donors (Lipinski definition) is 1. The van der Waals surface area contributed by atoms with Crippen molar-refractivity contribution in [1.82, 2.24) is 0 Å². The van der Waals surface area contributed by atoms with Crippen molar-refractivity contribution in [3.05, 3.63) is 82.3 Å². The second-order valence-corrected chi connectivity index (χ2v) is 9.30. The van der Waals surface area contributed by atoms with Crippen LogP contribution in [0.5, 0.6) is 5.75 Å². The van der Waals surface area contributed by atoms with Gasteiger partial charge in [0.2, 0.25) is 5.91 Å². The quantitative estimate of drug-likeness (QED) is 0.532. The molecule has 5 rings (SSSR count). The van der Waals surface area contributed by atoms with Crippen LogP contribution in [0, 0.1) is 0 Å². The van der Waals surface area contributed by atoms with E-state index in [1.54, 1.807) is 24.1 Å². The van der Waals surface area contributed by atoms with E-state index < -0.39 is 0 Å². The Balaban J connectivity index is 1.20. The Morgan fingerprint density at radius 2 is 1.74 bits per heavy atom. The number of rotatable bonds is 5. The van der Waals surface area contributed by atoms with Gasteiger partial charge in [0.15, 0.2) is 11.5 Å². The van der Waals surface area contributed by atoms with E-state index >= 15 is 0 Å². The number of anilines is 3. The Kier molecular flexibility index (Phi) is 6.65. The number of amides is 2. The summed E-state index contributed by atoms with van der Waals surface area (Å²) < 4.78 is 11.2. The number of morpholine rings is 1. The van der Waals surface area contributed by atoms with Gasteiger partial charge in [-0.15, -0.1) is 11.3 Å². The number of ether oxygens (including phenoxy) is 2. The minimum Gasteiger partial charge on any atom is -0.449 e. The third-order valence-corrected chi connectivity index (χ3v) is 6.79. The zero-order valence-electron chi connectivity index (χ0n) is 19.3. The molecule has 1 aromatic heterocycles. The van der Waals surface area contributed by atoms with Crippen molar-refractivity contribution in [3.8, 4) is 5.75 Å². The Hall–Kier alpha value is -3.88. The van der Waals surface area contributed by atoms with E-state index in [0.717, 1.165) is 53.1 Å². The maximum absolute atomic E-state index is 12.7. The SMILES string of the molecule is CN1C(=O)/C(=C/c2ccc(/C=C/C(=O)Nc3ccc(N4CCOCC4)cc3)s2)Oc2ccccc21. The minimum atomic E-state index is -0.207. The zero-order valence-corrected chi connectivity index (χ0v) is 20.1. The van der Waals surface area contributed by atoms with Gasteiger partial charge >= 0.3 is 0 Å². The highest BCUT2D eigenvalue weighted by Crippen LogP contribution is 2.35. The van der Waals surface area contributed by atoms with Gasteiger partial charge in [-0.3, -0.25) is 9.59 Å². The topological polar surface area (TPSA) is 71.1 Å². The number of thiophene rings is 1. The molecule has 2 amide bonds. The summed E-state index contributed by atoms with van der Waals surface area (Å²) in [5, 5.41) is 2.89. The van der Waals surface area contributed by atoms with Crippen molar-refractivity contribution in [2.75, 3.05) is 48.5 Å². The van der Waals surface area contributed by atoms with Crippen molar-refractivity contribution in [2.24, 2.45) is 0 Å². The molecule has 0 radical (unpaired) electrons. The molecular weight excluding hydrogens is 462 g/mol. The predicted molar refractivity (Wildman–Crippen MR) is 140 cm³/mol. The van der Waals surface area contributed by atoms with Crippen LogP contribution >= 0.6 is 11.3 Å². The number of fused-ring (bicyclic) bond motifs is 1. The molecule has 0 bridgehead atoms. The molecule has 35 heavy (non-hydrogen) atoms. The van der Waals surface area contributed by atoms with E-state index in [9.17, 15) is 9.59 Å². The maximum Gasteiger partial charge on any atom is 0.293 e. The highest BCUT2D eigenvalue weighted by atomic mass is 32.1. The monoisotopic (exact) mass is 487 g/mol. The van der Waals surface area contributed by atoms with Crippen LogP contribution in [0.4, 0.5) is 17.1 Å². The van der Waals surface area contributed by atoms with Crippen molar-refractivity contribution in [1.29, 1.82) is 0 Å². The highest BCUT2D eigenvalue weighted by Gasteiger charge is 2.27. The molecule has 2 aromatic carbocycles. The normalized spacial score (nSPS) is 16.9. The van der Waals surface area contributed by atoms with Crippen LogP contribution < -0.4 is 19.9 Å². The van der Waals surface area contributed by atoms with Crippen molar-refractivity contribution < 1.29 is 19.1 Å². The number of benzene rings is 2. The minimum absolute atomic E-state index is 0.201. The summed E-state index contributed by atoms with van der Waals surface area (Å²) in [5.74, 6) is 0.503. The fraction of sp³-hybridized carbons (Fsp3) is 0.185. The highest BCUT2D eigenvalue weighted by molar-refractivity contribution is 7.13. The van der Waals surface area contributed by atoms with Gasteiger partial charge in [0.1, 0.15) is 0 Å². The van der Waals surface area contributed by atoms with Gasteiger partial charge in [-0.05, 0) is 54.6 Å². The molecule has 0 saturated carbocycles. The van der Waals surface area contributed by atoms with Gasteiger partial charge in [0.05, 0.1) is 18.9 Å². The van der Waals surface area contributed by atoms with Crippen molar-refractivity contribution in [3.63, 3.8) is 0 Å². The lowest BCUT2D eigenvalue weighted by Crippen LogP contribution is -2.36. The smallest absolute Gasteiger partial charge is 0.293 e. The molecule has 0 atom stereocenters. The zero-order chi connectivity index (χ0) is 24.2. The molecule has 178 valence electrons. The lowest BCUT2D eigenvalue weighted by molar-refractivity contribution is -0.117. The summed E-state index contributed by atoms with van der Waals surface area (Å²) in [6.07, 6.45) is 4.99. The summed E-state index contributed by atoms with van der Waals surface area (Å²) >= 11 is 1.47. The van der Waals surface area contributed by atoms with Gasteiger partial charge in [0, 0.05) is 53.4 Å². The molecule has 2 aliphatic rings. The number of hydrogen-bond acceptors (Lipinski definition) is 6. The first-order valence-electron chi connectivity index (χ1n) is 11.4. The first kappa shape index (κ1) is 22.9. The molecule has 1 saturated heterocycles. The van der Waals surface area contributed by atoms with Gasteiger partial charge in [-0.2, -0.15) is 0 Å². The third-order valence-electron chi connectivity index (χ3n) is 5.79. The largest absolute Gasteiger partial charge is 0.449 e. The van der Waals surface area contributed by atoms with Gasteiger partial charge in [0.25, 0.3) is 5.91 Å². The van der Waals surface area contributed by atoms with Crippen molar-refractivity contribution >= 4 is 52.4 Å². The number of nitrogens with one attached hydrogen (secondary N) is 1. The van der Waals surface area contributed by atoms with E-state index in [-0.39, 0.29) is 17.6 Å². The summed E-state index contributed by atoms with van der Waals surface area (Å²) in [7, 11) is 1.73. The third kappa shape index (κ3) is 5.29. The fourth-order valence-electron chi connectivity index (χ4n) is 3.93. The van der Waals surface area contributed by atoms with E-state index in [0.29, 0.717) is 5.75 Å². The van der Waals surface area contributed by atoms with E-state index in [1.807, 2.05) is 60.7 Å². The second kappa shape index (κ2) is 10.2. The van der Waals surface area contributed by atoms with Gasteiger partial charge in [-0.1, -0.05) is 12.1 Å². The summed E-state index contributed by atoms with van der Waals surface area (Å²) in [6.45, 7) is 3.22. The van der Waals surface area contributed by atoms with Crippen molar-refractivity contribution in [2.45, 2.75) is 0 Å². The molecule has 1 N–H and O–H groups in total. The Morgan fingerprint density at radius 3 is 2.54 bits per heavy atom. The molecule has 8 heteroatoms. The molecule has 0 aliphatic carbocycles. The number of carbonyl (C=O) groups is 2. The number of para-hydroxylation sites is 2. The lowest BCUT2D eigenvalue weighted by atomic mass is 10.2. The summed E-state index contributed by atoms with van der Waals surface area (Å²) in [6, 6.07) is 19.1. The van der Waals surface area contributed by atoms with E-state index in [1.165, 1.54) is 17.4 Å². The maximum atomic E-state index is 12.7. The molecule has 2 aliphatic heterocycles. The fourth-order valence-corrected chi connectivity index (χ4v) is 4.78. The molecule has 0 unspecified atom stereocenters. The van der Waals surface area contributed by atoms with Crippen LogP contribution in [0.25, 0.3) is 12.2 Å². The van der Waals surface area contributed by atoms with Crippen LogP contribution in [0.1, 0.15) is 9.75 Å². The van der Waals surface area contributed by atoms with E-state index in [2.05, 4.69) is 10.2 Å². The van der Waals surface area contributed by atoms with Crippen LogP contribution in [-0.4, -0.2) is 45.2 Å². The molecule has 3 aromatic rings. The number of carbonyl (C=O) groups excluding carboxylic acids is 2. The van der Waals surface area contributed by atoms with Crippen LogP contribution in [0.3, 0.4) is 0 Å². The first-order chi connectivity index (χ1) is 17.1. The van der Waals surface area contributed by atoms with E-state index in [4.69, 9.17) is 9.47 Å². The standard InChI is InChI=1S/C27H25N3O4S/c1-29-23-4-2-3-5-24(23)34-25(27(29)32)18-22-11-10-21(35-22)12-13-26(31)28-19-6-8-20(9-7-19)30-14-16-33-17-15-30/h2-13,18H,14-17H2,1H3,(H,28,31)/b13-12+,25-18-. The average Bonchev–Trinajstić information content (AvgIpc) is 3.34. The molecule has 7 nitrogen and oxygen atoms in total.